The Bertz CT molecular complexity index is 699. The van der Waals surface area contributed by atoms with E-state index in [0.29, 0.717) is 0 Å². The van der Waals surface area contributed by atoms with Crippen LogP contribution in [0.1, 0.15) is 24.2 Å². The third-order valence-corrected chi connectivity index (χ3v) is 3.47. The van der Waals surface area contributed by atoms with Crippen LogP contribution in [-0.2, 0) is 0 Å². The lowest BCUT2D eigenvalue weighted by Gasteiger charge is -2.17. The van der Waals surface area contributed by atoms with Gasteiger partial charge in [0.15, 0.2) is 0 Å². The Morgan fingerprint density at radius 2 is 1.89 bits per heavy atom. The molecule has 1 heterocycles. The van der Waals surface area contributed by atoms with Crippen molar-refractivity contribution >= 4 is 10.9 Å². The van der Waals surface area contributed by atoms with Crippen LogP contribution in [0.3, 0.4) is 0 Å². The molecule has 1 unspecified atom stereocenters. The maximum absolute atomic E-state index is 6.04. The second-order valence-corrected chi connectivity index (χ2v) is 4.84. The zero-order chi connectivity index (χ0) is 13.2. The Hall–Kier alpha value is -2.22. The lowest BCUT2D eigenvalue weighted by Crippen LogP contribution is -2.04. The predicted octanol–water partition coefficient (Wildman–Crippen LogP) is 4.62. The van der Waals surface area contributed by atoms with Gasteiger partial charge in [0.25, 0.3) is 0 Å². The summed E-state index contributed by atoms with van der Waals surface area (Å²) >= 11 is 0. The Morgan fingerprint density at radius 1 is 1.05 bits per heavy atom. The third-order valence-electron chi connectivity index (χ3n) is 3.47. The van der Waals surface area contributed by atoms with Crippen LogP contribution in [0.5, 0.6) is 5.75 Å². The van der Waals surface area contributed by atoms with Crippen molar-refractivity contribution in [2.75, 3.05) is 0 Å². The molecule has 0 saturated carbocycles. The van der Waals surface area contributed by atoms with Crippen molar-refractivity contribution < 1.29 is 4.74 Å². The zero-order valence-electron chi connectivity index (χ0n) is 11.2. The quantitative estimate of drug-likeness (QED) is 0.722. The van der Waals surface area contributed by atoms with E-state index in [1.54, 1.807) is 0 Å². The first-order valence-electron chi connectivity index (χ1n) is 6.53. The molecule has 96 valence electrons. The van der Waals surface area contributed by atoms with Crippen LogP contribution in [0, 0.1) is 6.92 Å². The number of hydrogen-bond donors (Lipinski definition) is 1. The van der Waals surface area contributed by atoms with Gasteiger partial charge in [-0.3, -0.25) is 0 Å². The summed E-state index contributed by atoms with van der Waals surface area (Å²) in [5.74, 6) is 0.894. The summed E-state index contributed by atoms with van der Waals surface area (Å²) in [4.78, 5) is 3.20. The molecule has 0 spiro atoms. The molecular formula is C17H17NO. The van der Waals surface area contributed by atoms with E-state index in [2.05, 4.69) is 55.2 Å². The van der Waals surface area contributed by atoms with Crippen molar-refractivity contribution in [1.82, 2.24) is 4.98 Å². The molecule has 3 rings (SSSR count). The van der Waals surface area contributed by atoms with Crippen molar-refractivity contribution in [2.24, 2.45) is 0 Å². The van der Waals surface area contributed by atoms with Crippen LogP contribution in [0.2, 0.25) is 0 Å². The van der Waals surface area contributed by atoms with Crippen molar-refractivity contribution in [3.8, 4) is 5.75 Å². The van der Waals surface area contributed by atoms with E-state index >= 15 is 0 Å². The number of aryl methyl sites for hydroxylation is 1. The van der Waals surface area contributed by atoms with Gasteiger partial charge in [0.1, 0.15) is 11.9 Å². The minimum Gasteiger partial charge on any atom is -0.486 e. The van der Waals surface area contributed by atoms with E-state index < -0.39 is 0 Å². The Labute approximate surface area is 113 Å². The van der Waals surface area contributed by atoms with Gasteiger partial charge in [-0.05, 0) is 48.6 Å². The number of benzene rings is 2. The number of aromatic amines is 1. The number of fused-ring (bicyclic) bond motifs is 1. The van der Waals surface area contributed by atoms with E-state index in [0.717, 1.165) is 11.3 Å². The predicted molar refractivity (Wildman–Crippen MR) is 78.5 cm³/mol. The second kappa shape index (κ2) is 4.81. The van der Waals surface area contributed by atoms with Crippen LogP contribution >= 0.6 is 0 Å². The molecule has 2 aromatic carbocycles. The van der Waals surface area contributed by atoms with E-state index in [4.69, 9.17) is 4.74 Å². The number of hydrogen-bond acceptors (Lipinski definition) is 1. The largest absolute Gasteiger partial charge is 0.486 e. The molecule has 0 amide bonds. The van der Waals surface area contributed by atoms with Gasteiger partial charge < -0.3 is 9.72 Å². The highest BCUT2D eigenvalue weighted by Gasteiger charge is 2.09. The maximum Gasteiger partial charge on any atom is 0.122 e. The molecule has 0 aliphatic rings. The first-order valence-corrected chi connectivity index (χ1v) is 6.53. The smallest absolute Gasteiger partial charge is 0.122 e. The highest BCUT2D eigenvalue weighted by molar-refractivity contribution is 5.80. The molecule has 1 aromatic heterocycles. The molecule has 0 aliphatic carbocycles. The van der Waals surface area contributed by atoms with Crippen LogP contribution in [-0.4, -0.2) is 4.98 Å². The van der Waals surface area contributed by atoms with E-state index in [1.807, 2.05) is 18.3 Å². The maximum atomic E-state index is 6.04. The summed E-state index contributed by atoms with van der Waals surface area (Å²) in [5, 5.41) is 1.20. The first-order chi connectivity index (χ1) is 9.24. The van der Waals surface area contributed by atoms with E-state index in [9.17, 15) is 0 Å². The number of ether oxygens (including phenoxy) is 1. The minimum absolute atomic E-state index is 0.0496. The monoisotopic (exact) mass is 251 g/mol. The molecular weight excluding hydrogens is 234 g/mol. The summed E-state index contributed by atoms with van der Waals surface area (Å²) < 4.78 is 6.04. The third kappa shape index (κ3) is 2.34. The van der Waals surface area contributed by atoms with Gasteiger partial charge in [0.05, 0.1) is 0 Å². The lowest BCUT2D eigenvalue weighted by molar-refractivity contribution is 0.226. The zero-order valence-corrected chi connectivity index (χ0v) is 11.2. The second-order valence-electron chi connectivity index (χ2n) is 4.84. The molecule has 0 saturated heterocycles. The van der Waals surface area contributed by atoms with Gasteiger partial charge in [0, 0.05) is 17.8 Å². The normalized spacial score (nSPS) is 12.5. The molecule has 3 aromatic rings. The summed E-state index contributed by atoms with van der Waals surface area (Å²) in [5.41, 5.74) is 3.60. The fraction of sp³-hybridized carbons (Fsp3) is 0.176. The van der Waals surface area contributed by atoms with Gasteiger partial charge in [-0.1, -0.05) is 24.3 Å². The van der Waals surface area contributed by atoms with Gasteiger partial charge in [-0.25, -0.2) is 0 Å². The molecule has 1 N–H and O–H groups in total. The average Bonchev–Trinajstić information content (AvgIpc) is 2.86. The van der Waals surface area contributed by atoms with Crippen molar-refractivity contribution in [1.29, 1.82) is 0 Å². The minimum atomic E-state index is 0.0496. The summed E-state index contributed by atoms with van der Waals surface area (Å²) in [6.07, 6.45) is 1.99. The first kappa shape index (κ1) is 11.8. The number of rotatable bonds is 3. The fourth-order valence-electron chi connectivity index (χ4n) is 2.41. The average molecular weight is 251 g/mol. The molecule has 2 nitrogen and oxygen atoms in total. The molecule has 19 heavy (non-hydrogen) atoms. The topological polar surface area (TPSA) is 25.0 Å². The number of aromatic nitrogens is 1. The summed E-state index contributed by atoms with van der Waals surface area (Å²) in [6, 6.07) is 16.5. The standard InChI is InChI=1S/C17H17NO/c1-12-5-3-4-6-16(12)13(2)19-15-8-7-14-9-10-18-17(14)11-15/h3-11,13,18H,1-2H3. The molecule has 0 bridgehead atoms. The van der Waals surface area contributed by atoms with Crippen LogP contribution in [0.4, 0.5) is 0 Å². The molecule has 2 heteroatoms. The van der Waals surface area contributed by atoms with Crippen LogP contribution < -0.4 is 4.74 Å². The number of nitrogens with one attached hydrogen (secondary N) is 1. The Kier molecular flexibility index (Phi) is 3.00. The summed E-state index contributed by atoms with van der Waals surface area (Å²) in [6.45, 7) is 4.20. The SMILES string of the molecule is Cc1ccccc1C(C)Oc1ccc2cc[nH]c2c1. The number of H-pyrrole nitrogens is 1. The Balaban J connectivity index is 1.86. The van der Waals surface area contributed by atoms with E-state index in [1.165, 1.54) is 16.5 Å². The highest BCUT2D eigenvalue weighted by atomic mass is 16.5. The van der Waals surface area contributed by atoms with Crippen molar-refractivity contribution in [3.63, 3.8) is 0 Å². The molecule has 1 atom stereocenters. The molecule has 0 radical (unpaired) electrons. The lowest BCUT2D eigenvalue weighted by atomic mass is 10.0. The van der Waals surface area contributed by atoms with Crippen molar-refractivity contribution in [2.45, 2.75) is 20.0 Å². The highest BCUT2D eigenvalue weighted by Crippen LogP contribution is 2.26. The van der Waals surface area contributed by atoms with Gasteiger partial charge >= 0.3 is 0 Å². The van der Waals surface area contributed by atoms with Gasteiger partial charge in [-0.15, -0.1) is 0 Å². The fourth-order valence-corrected chi connectivity index (χ4v) is 2.41. The van der Waals surface area contributed by atoms with E-state index in [-0.39, 0.29) is 6.10 Å². The Morgan fingerprint density at radius 3 is 2.74 bits per heavy atom. The van der Waals surface area contributed by atoms with Crippen LogP contribution in [0.15, 0.2) is 54.7 Å². The van der Waals surface area contributed by atoms with Crippen LogP contribution in [0.25, 0.3) is 10.9 Å². The van der Waals surface area contributed by atoms with Gasteiger partial charge in [-0.2, -0.15) is 0 Å². The van der Waals surface area contributed by atoms with Crippen molar-refractivity contribution in [3.05, 3.63) is 65.9 Å². The molecule has 0 fully saturated rings. The summed E-state index contributed by atoms with van der Waals surface area (Å²) in [7, 11) is 0. The van der Waals surface area contributed by atoms with Gasteiger partial charge in [0.2, 0.25) is 0 Å². The molecule has 0 aliphatic heterocycles.